The number of carbonyl (C=O) groups is 3. The van der Waals surface area contributed by atoms with E-state index >= 15 is 0 Å². The van der Waals surface area contributed by atoms with E-state index in [2.05, 4.69) is 38.2 Å². The molecule has 222 valence electrons. The molecular weight excluding hydrogens is 575 g/mol. The van der Waals surface area contributed by atoms with Gasteiger partial charge in [-0.3, -0.25) is 14.4 Å². The Kier molecular flexibility index (Phi) is 12.3. The van der Waals surface area contributed by atoms with Crippen LogP contribution in [0.2, 0.25) is 5.02 Å². The van der Waals surface area contributed by atoms with Gasteiger partial charge in [-0.05, 0) is 38.0 Å². The highest BCUT2D eigenvalue weighted by molar-refractivity contribution is 6.31. The van der Waals surface area contributed by atoms with Crippen LogP contribution in [0, 0.1) is 32.6 Å². The minimum Gasteiger partial charge on any atom is -0.370 e. The molecule has 0 radical (unpaired) electrons. The molecule has 4 N–H and O–H groups in total. The number of benzene rings is 2. The largest absolute Gasteiger partial charge is 0.389 e. The summed E-state index contributed by atoms with van der Waals surface area (Å²) in [5, 5.41) is 9.06. The van der Waals surface area contributed by atoms with Gasteiger partial charge in [-0.2, -0.15) is 13.2 Å². The second-order valence-electron chi connectivity index (χ2n) is 9.05. The van der Waals surface area contributed by atoms with Crippen molar-refractivity contribution in [2.75, 3.05) is 5.32 Å². The van der Waals surface area contributed by atoms with Gasteiger partial charge < -0.3 is 20.9 Å². The number of nitrogens with two attached hydrogens (primary N) is 1. The van der Waals surface area contributed by atoms with E-state index in [0.29, 0.717) is 27.5 Å². The van der Waals surface area contributed by atoms with Crippen LogP contribution in [-0.2, 0) is 14.4 Å². The fraction of sp³-hybridized carbons (Fsp3) is 0.276. The number of aliphatic imine (C=N–C) groups is 1. The van der Waals surface area contributed by atoms with Crippen molar-refractivity contribution < 1.29 is 32.1 Å². The molecule has 1 aromatic heterocycles. The number of fused-ring (bicyclic) bond motifs is 1. The quantitative estimate of drug-likeness (QED) is 0.328. The van der Waals surface area contributed by atoms with E-state index < -0.39 is 55.2 Å². The van der Waals surface area contributed by atoms with Crippen molar-refractivity contribution in [1.82, 2.24) is 10.5 Å². The summed E-state index contributed by atoms with van der Waals surface area (Å²) in [4.78, 5) is 41.5. The molecule has 2 atom stereocenters. The third kappa shape index (κ3) is 10.1. The molecule has 3 aromatic rings. The number of aromatic nitrogens is 1. The maximum Gasteiger partial charge on any atom is 0.389 e. The predicted molar refractivity (Wildman–Crippen MR) is 153 cm³/mol. The molecule has 13 heteroatoms. The maximum absolute atomic E-state index is 12.9. The standard InChI is InChI=1S/C23H22ClF3N4O3.C4H5NO.C2H2/c1-12-4-2-7-16-18(12)30-22(34)20(29-19(16)13-5-3-6-15(24)10-13)31-21(33)14(11-17(28)32)8-9-23(25,26)27;1-4-2-3-6-5-4;1-2/h2-7,10,14,20H,8-9,11H2,1H3,(H2,28,32)(H,30,34)(H,31,33);2-3H,1H3;1-2H/t14-,20-;;/m1../s1. The van der Waals surface area contributed by atoms with Crippen LogP contribution in [0.1, 0.15) is 41.6 Å². The molecule has 1 aliphatic heterocycles. The van der Waals surface area contributed by atoms with Crippen molar-refractivity contribution in [2.45, 2.75) is 45.5 Å². The first-order valence-corrected chi connectivity index (χ1v) is 12.8. The minimum atomic E-state index is -4.52. The van der Waals surface area contributed by atoms with E-state index in [1.54, 1.807) is 61.7 Å². The summed E-state index contributed by atoms with van der Waals surface area (Å²) in [6.45, 7) is 3.66. The number of anilines is 1. The smallest absolute Gasteiger partial charge is 0.370 e. The molecule has 42 heavy (non-hydrogen) atoms. The number of alkyl halides is 3. The van der Waals surface area contributed by atoms with Crippen LogP contribution >= 0.6 is 11.6 Å². The van der Waals surface area contributed by atoms with Crippen LogP contribution in [0.4, 0.5) is 18.9 Å². The Morgan fingerprint density at radius 2 is 1.86 bits per heavy atom. The molecule has 0 unspecified atom stereocenters. The van der Waals surface area contributed by atoms with E-state index in [1.165, 1.54) is 0 Å². The summed E-state index contributed by atoms with van der Waals surface area (Å²) in [5.74, 6) is -3.92. The topological polar surface area (TPSA) is 140 Å². The fourth-order valence-corrected chi connectivity index (χ4v) is 4.07. The van der Waals surface area contributed by atoms with Crippen LogP contribution in [0.5, 0.6) is 0 Å². The Morgan fingerprint density at radius 1 is 1.17 bits per heavy atom. The molecule has 0 saturated carbocycles. The summed E-state index contributed by atoms with van der Waals surface area (Å²) in [7, 11) is 0. The Balaban J connectivity index is 0.000000672. The first-order valence-electron chi connectivity index (χ1n) is 12.4. The van der Waals surface area contributed by atoms with E-state index in [0.717, 1.165) is 11.3 Å². The average molecular weight is 604 g/mol. The van der Waals surface area contributed by atoms with Gasteiger partial charge in [-0.15, -0.1) is 12.8 Å². The van der Waals surface area contributed by atoms with Gasteiger partial charge in [0.05, 0.1) is 17.1 Å². The third-order valence-corrected chi connectivity index (χ3v) is 6.06. The lowest BCUT2D eigenvalue weighted by Gasteiger charge is -2.19. The summed E-state index contributed by atoms with van der Waals surface area (Å²) >= 11 is 6.13. The van der Waals surface area contributed by atoms with E-state index in [9.17, 15) is 27.6 Å². The molecule has 0 bridgehead atoms. The first-order chi connectivity index (χ1) is 19.8. The van der Waals surface area contributed by atoms with Crippen molar-refractivity contribution in [3.63, 3.8) is 0 Å². The number of hydrogen-bond acceptors (Lipinski definition) is 6. The zero-order chi connectivity index (χ0) is 31.4. The summed E-state index contributed by atoms with van der Waals surface area (Å²) in [6.07, 6.45) is 1.03. The summed E-state index contributed by atoms with van der Waals surface area (Å²) in [6, 6.07) is 13.8. The Morgan fingerprint density at radius 3 is 2.40 bits per heavy atom. The van der Waals surface area contributed by atoms with Crippen molar-refractivity contribution >= 4 is 40.7 Å². The van der Waals surface area contributed by atoms with E-state index in [-0.39, 0.29) is 0 Å². The highest BCUT2D eigenvalue weighted by Crippen LogP contribution is 2.29. The normalized spacial score (nSPS) is 14.7. The Bertz CT molecular complexity index is 1440. The lowest BCUT2D eigenvalue weighted by atomic mass is 9.97. The summed E-state index contributed by atoms with van der Waals surface area (Å²) in [5.41, 5.74) is 8.77. The number of carbonyl (C=O) groups excluding carboxylic acids is 3. The van der Waals surface area contributed by atoms with Gasteiger partial charge in [0, 0.05) is 41.0 Å². The van der Waals surface area contributed by atoms with Gasteiger partial charge in [0.25, 0.3) is 5.91 Å². The molecule has 0 aliphatic carbocycles. The van der Waals surface area contributed by atoms with Crippen molar-refractivity contribution in [3.8, 4) is 12.8 Å². The zero-order valence-corrected chi connectivity index (χ0v) is 23.5. The zero-order valence-electron chi connectivity index (χ0n) is 22.7. The highest BCUT2D eigenvalue weighted by Gasteiger charge is 2.34. The second-order valence-corrected chi connectivity index (χ2v) is 9.48. The van der Waals surface area contributed by atoms with Gasteiger partial charge in [0.2, 0.25) is 18.0 Å². The van der Waals surface area contributed by atoms with Crippen molar-refractivity contribution in [1.29, 1.82) is 0 Å². The molecule has 2 heterocycles. The van der Waals surface area contributed by atoms with Crippen molar-refractivity contribution in [3.05, 3.63) is 82.2 Å². The number of para-hydroxylation sites is 1. The molecule has 3 amide bonds. The number of halogens is 4. The summed E-state index contributed by atoms with van der Waals surface area (Å²) < 4.78 is 42.6. The fourth-order valence-electron chi connectivity index (χ4n) is 3.88. The molecule has 0 fully saturated rings. The Labute approximate surface area is 245 Å². The molecule has 4 rings (SSSR count). The third-order valence-electron chi connectivity index (χ3n) is 5.82. The molecule has 2 aromatic carbocycles. The number of terminal acetylenes is 1. The lowest BCUT2D eigenvalue weighted by molar-refractivity contribution is -0.143. The molecular formula is C29H29ClF3N5O4. The number of aryl methyl sites for hydroxylation is 2. The van der Waals surface area contributed by atoms with Crippen LogP contribution < -0.4 is 16.4 Å². The number of primary amides is 1. The number of rotatable bonds is 7. The molecule has 1 aliphatic rings. The number of benzodiazepines with no additional fused rings is 1. The van der Waals surface area contributed by atoms with Crippen LogP contribution in [0.3, 0.4) is 0 Å². The van der Waals surface area contributed by atoms with Crippen LogP contribution in [0.25, 0.3) is 0 Å². The number of nitrogens with zero attached hydrogens (tertiary/aromatic N) is 2. The highest BCUT2D eigenvalue weighted by atomic mass is 35.5. The number of nitrogens with one attached hydrogen (secondary N) is 2. The van der Waals surface area contributed by atoms with Crippen LogP contribution in [-0.4, -0.2) is 40.9 Å². The number of amides is 3. The van der Waals surface area contributed by atoms with Gasteiger partial charge >= 0.3 is 6.18 Å². The minimum absolute atomic E-state index is 0.353. The van der Waals surface area contributed by atoms with Crippen molar-refractivity contribution in [2.24, 2.45) is 16.6 Å². The van der Waals surface area contributed by atoms with Crippen LogP contribution in [0.15, 0.2) is 64.3 Å². The van der Waals surface area contributed by atoms with Gasteiger partial charge in [0.1, 0.15) is 6.26 Å². The van der Waals surface area contributed by atoms with E-state index in [4.69, 9.17) is 17.3 Å². The average Bonchev–Trinajstić information content (AvgIpc) is 3.36. The first kappa shape index (κ1) is 33.6. The Hall–Kier alpha value is -4.63. The molecule has 9 nitrogen and oxygen atoms in total. The van der Waals surface area contributed by atoms with Gasteiger partial charge in [-0.1, -0.05) is 47.1 Å². The second kappa shape index (κ2) is 15.4. The van der Waals surface area contributed by atoms with E-state index in [1.807, 2.05) is 6.92 Å². The predicted octanol–water partition coefficient (Wildman–Crippen LogP) is 4.95. The SMILES string of the molecule is C#C.Cc1cccc2c1NC(=O)[C@@H](NC(=O)[C@H](CCC(F)(F)F)CC(N)=O)N=C2c1cccc(Cl)c1.Cc1ccon1. The molecule has 0 spiro atoms. The van der Waals surface area contributed by atoms with Gasteiger partial charge in [-0.25, -0.2) is 4.99 Å². The van der Waals surface area contributed by atoms with Gasteiger partial charge in [0.15, 0.2) is 0 Å². The lowest BCUT2D eigenvalue weighted by Crippen LogP contribution is -2.45. The monoisotopic (exact) mass is 603 g/mol. The molecule has 0 saturated heterocycles. The number of hydrogen-bond donors (Lipinski definition) is 3. The maximum atomic E-state index is 12.9.